The van der Waals surface area contributed by atoms with Crippen LogP contribution >= 0.6 is 0 Å². The van der Waals surface area contributed by atoms with Crippen molar-refractivity contribution >= 4 is 17.5 Å². The predicted octanol–water partition coefficient (Wildman–Crippen LogP) is 1.47. The van der Waals surface area contributed by atoms with Crippen LogP contribution in [0.25, 0.3) is 0 Å². The normalized spacial score (nSPS) is 22.0. The molecular weight excluding hydrogens is 266 g/mol. The van der Waals surface area contributed by atoms with Gasteiger partial charge in [-0.15, -0.1) is 0 Å². The number of hydrogen-bond donors (Lipinski definition) is 2. The summed E-state index contributed by atoms with van der Waals surface area (Å²) in [6.45, 7) is 4.39. The molecule has 1 saturated carbocycles. The Bertz CT molecular complexity index is 537. The maximum atomic E-state index is 12.4. The largest absolute Gasteiger partial charge is 0.336 e. The van der Waals surface area contributed by atoms with Crippen molar-refractivity contribution in [2.75, 3.05) is 25.0 Å². The molecule has 1 aliphatic carbocycles. The fourth-order valence-electron chi connectivity index (χ4n) is 2.59. The summed E-state index contributed by atoms with van der Waals surface area (Å²) in [5.41, 5.74) is 1.44. The Labute approximate surface area is 124 Å². The van der Waals surface area contributed by atoms with Crippen LogP contribution in [0, 0.1) is 5.92 Å². The molecule has 0 bridgehead atoms. The van der Waals surface area contributed by atoms with E-state index in [2.05, 4.69) is 17.6 Å². The topological polar surface area (TPSA) is 61.4 Å². The lowest BCUT2D eigenvalue weighted by Gasteiger charge is -2.32. The van der Waals surface area contributed by atoms with E-state index < -0.39 is 0 Å². The molecule has 1 unspecified atom stereocenters. The van der Waals surface area contributed by atoms with E-state index in [0.717, 1.165) is 38.2 Å². The average Bonchev–Trinajstić information content (AvgIpc) is 3.32. The van der Waals surface area contributed by atoms with E-state index in [-0.39, 0.29) is 17.7 Å². The van der Waals surface area contributed by atoms with Gasteiger partial charge in [0.1, 0.15) is 0 Å². The lowest BCUT2D eigenvalue weighted by Crippen LogP contribution is -2.51. The van der Waals surface area contributed by atoms with Gasteiger partial charge in [-0.05, 0) is 44.0 Å². The molecule has 1 saturated heterocycles. The zero-order valence-electron chi connectivity index (χ0n) is 12.3. The van der Waals surface area contributed by atoms with Gasteiger partial charge >= 0.3 is 0 Å². The second kappa shape index (κ2) is 5.85. The number of rotatable bonds is 3. The molecule has 0 spiro atoms. The fraction of sp³-hybridized carbons (Fsp3) is 0.500. The molecule has 5 heteroatoms. The molecule has 1 atom stereocenters. The Balaban J connectivity index is 1.62. The molecule has 2 fully saturated rings. The number of piperazine rings is 1. The fourth-order valence-corrected chi connectivity index (χ4v) is 2.59. The predicted molar refractivity (Wildman–Crippen MR) is 81.2 cm³/mol. The van der Waals surface area contributed by atoms with Crippen molar-refractivity contribution in [2.45, 2.75) is 25.8 Å². The molecule has 2 N–H and O–H groups in total. The molecule has 0 radical (unpaired) electrons. The summed E-state index contributed by atoms with van der Waals surface area (Å²) in [4.78, 5) is 26.0. The van der Waals surface area contributed by atoms with Crippen LogP contribution in [0.15, 0.2) is 24.3 Å². The number of nitrogens with zero attached hydrogens (tertiary/aromatic N) is 1. The summed E-state index contributed by atoms with van der Waals surface area (Å²) in [7, 11) is 0. The van der Waals surface area contributed by atoms with Crippen molar-refractivity contribution in [2.24, 2.45) is 5.92 Å². The highest BCUT2D eigenvalue weighted by molar-refractivity contribution is 5.96. The van der Waals surface area contributed by atoms with Gasteiger partial charge in [0.05, 0.1) is 0 Å². The third kappa shape index (κ3) is 3.42. The SMILES string of the molecule is CC1CN(C(=O)c2ccc(NC(=O)C3CC3)cc2)CCN1. The van der Waals surface area contributed by atoms with Crippen LogP contribution in [-0.2, 0) is 4.79 Å². The van der Waals surface area contributed by atoms with Crippen LogP contribution in [-0.4, -0.2) is 42.4 Å². The second-order valence-electron chi connectivity index (χ2n) is 5.95. The highest BCUT2D eigenvalue weighted by Gasteiger charge is 2.29. The lowest BCUT2D eigenvalue weighted by atomic mass is 10.1. The molecule has 112 valence electrons. The molecule has 2 amide bonds. The number of nitrogens with one attached hydrogen (secondary N) is 2. The summed E-state index contributed by atoms with van der Waals surface area (Å²) < 4.78 is 0. The molecule has 1 aliphatic heterocycles. The number of anilines is 1. The van der Waals surface area contributed by atoms with Crippen LogP contribution in [0.5, 0.6) is 0 Å². The average molecular weight is 287 g/mol. The third-order valence-corrected chi connectivity index (χ3v) is 4.00. The minimum atomic E-state index is 0.0587. The summed E-state index contributed by atoms with van der Waals surface area (Å²) in [6.07, 6.45) is 1.98. The van der Waals surface area contributed by atoms with Crippen LogP contribution in [0.4, 0.5) is 5.69 Å². The maximum Gasteiger partial charge on any atom is 0.253 e. The van der Waals surface area contributed by atoms with Crippen molar-refractivity contribution in [3.63, 3.8) is 0 Å². The van der Waals surface area contributed by atoms with Gasteiger partial charge in [-0.1, -0.05) is 0 Å². The van der Waals surface area contributed by atoms with E-state index >= 15 is 0 Å². The summed E-state index contributed by atoms with van der Waals surface area (Å²) in [5.74, 6) is 0.335. The van der Waals surface area contributed by atoms with Gasteiger partial charge in [-0.3, -0.25) is 9.59 Å². The van der Waals surface area contributed by atoms with E-state index in [4.69, 9.17) is 0 Å². The van der Waals surface area contributed by atoms with Gasteiger partial charge in [-0.25, -0.2) is 0 Å². The number of carbonyl (C=O) groups is 2. The molecular formula is C16H21N3O2. The Hall–Kier alpha value is -1.88. The highest BCUT2D eigenvalue weighted by atomic mass is 16.2. The van der Waals surface area contributed by atoms with Crippen molar-refractivity contribution in [1.82, 2.24) is 10.2 Å². The first-order valence-electron chi connectivity index (χ1n) is 7.57. The Morgan fingerprint density at radius 3 is 2.57 bits per heavy atom. The smallest absolute Gasteiger partial charge is 0.253 e. The first-order valence-corrected chi connectivity index (χ1v) is 7.57. The van der Waals surface area contributed by atoms with Crippen LogP contribution in [0.3, 0.4) is 0 Å². The Morgan fingerprint density at radius 1 is 1.24 bits per heavy atom. The van der Waals surface area contributed by atoms with Gasteiger partial charge in [0.2, 0.25) is 5.91 Å². The second-order valence-corrected chi connectivity index (χ2v) is 5.95. The zero-order chi connectivity index (χ0) is 14.8. The van der Waals surface area contributed by atoms with Crippen molar-refractivity contribution in [3.05, 3.63) is 29.8 Å². The number of benzene rings is 1. The van der Waals surface area contributed by atoms with Crippen molar-refractivity contribution in [3.8, 4) is 0 Å². The molecule has 3 rings (SSSR count). The van der Waals surface area contributed by atoms with Crippen molar-refractivity contribution in [1.29, 1.82) is 0 Å². The quantitative estimate of drug-likeness (QED) is 0.885. The van der Waals surface area contributed by atoms with Gasteiger partial charge < -0.3 is 15.5 Å². The lowest BCUT2D eigenvalue weighted by molar-refractivity contribution is -0.117. The molecule has 21 heavy (non-hydrogen) atoms. The molecule has 2 aliphatic rings. The van der Waals surface area contributed by atoms with Crippen LogP contribution in [0.2, 0.25) is 0 Å². The monoisotopic (exact) mass is 287 g/mol. The summed E-state index contributed by atoms with van der Waals surface area (Å²) >= 11 is 0. The van der Waals surface area contributed by atoms with Crippen LogP contribution in [0.1, 0.15) is 30.1 Å². The van der Waals surface area contributed by atoms with E-state index in [1.807, 2.05) is 4.90 Å². The number of carbonyl (C=O) groups excluding carboxylic acids is 2. The van der Waals surface area contributed by atoms with Gasteiger partial charge in [0, 0.05) is 42.8 Å². The molecule has 1 aromatic carbocycles. The molecule has 5 nitrogen and oxygen atoms in total. The summed E-state index contributed by atoms with van der Waals surface area (Å²) in [6, 6.07) is 7.52. The molecule has 0 aromatic heterocycles. The van der Waals surface area contributed by atoms with E-state index in [1.165, 1.54) is 0 Å². The van der Waals surface area contributed by atoms with E-state index in [9.17, 15) is 9.59 Å². The van der Waals surface area contributed by atoms with E-state index in [1.54, 1.807) is 24.3 Å². The minimum absolute atomic E-state index is 0.0587. The van der Waals surface area contributed by atoms with E-state index in [0.29, 0.717) is 11.6 Å². The minimum Gasteiger partial charge on any atom is -0.336 e. The number of hydrogen-bond acceptors (Lipinski definition) is 3. The molecule has 1 heterocycles. The van der Waals surface area contributed by atoms with Gasteiger partial charge in [0.25, 0.3) is 5.91 Å². The Morgan fingerprint density at radius 2 is 1.95 bits per heavy atom. The van der Waals surface area contributed by atoms with Gasteiger partial charge in [0.15, 0.2) is 0 Å². The third-order valence-electron chi connectivity index (χ3n) is 4.00. The molecule has 1 aromatic rings. The Kier molecular flexibility index (Phi) is 3.92. The summed E-state index contributed by atoms with van der Waals surface area (Å²) in [5, 5.41) is 6.21. The number of amides is 2. The highest BCUT2D eigenvalue weighted by Crippen LogP contribution is 2.30. The van der Waals surface area contributed by atoms with Crippen molar-refractivity contribution < 1.29 is 9.59 Å². The zero-order valence-corrected chi connectivity index (χ0v) is 12.3. The van der Waals surface area contributed by atoms with Crippen LogP contribution < -0.4 is 10.6 Å². The first kappa shape index (κ1) is 14.1. The van der Waals surface area contributed by atoms with Gasteiger partial charge in [-0.2, -0.15) is 0 Å². The first-order chi connectivity index (χ1) is 10.1. The maximum absolute atomic E-state index is 12.4. The standard InChI is InChI=1S/C16H21N3O2/c1-11-10-19(9-8-17-11)16(21)13-4-6-14(7-5-13)18-15(20)12-2-3-12/h4-7,11-12,17H,2-3,8-10H2,1H3,(H,18,20).